The molecule has 2 aromatic carbocycles. The Morgan fingerprint density at radius 3 is 2.38 bits per heavy atom. The molecule has 2 amide bonds. The third kappa shape index (κ3) is 13.7. The Hall–Kier alpha value is -3.30. The van der Waals surface area contributed by atoms with Crippen LogP contribution in [0.2, 0.25) is 0 Å². The predicted octanol–water partition coefficient (Wildman–Crippen LogP) is 3.52. The average Bonchev–Trinajstić information content (AvgIpc) is 2.94. The summed E-state index contributed by atoms with van der Waals surface area (Å²) in [4.78, 5) is 36.5. The lowest BCUT2D eigenvalue weighted by Crippen LogP contribution is -2.51. The Labute approximate surface area is 239 Å². The van der Waals surface area contributed by atoms with Gasteiger partial charge in [0.05, 0.1) is 19.1 Å². The van der Waals surface area contributed by atoms with E-state index in [2.05, 4.69) is 16.0 Å². The number of hydrogen-bond donors (Lipinski definition) is 3. The molecule has 2 aromatic rings. The van der Waals surface area contributed by atoms with Crippen LogP contribution in [-0.2, 0) is 20.8 Å². The first kappa shape index (κ1) is 34.7. The number of nitrogens with one attached hydrogen (secondary N) is 3. The summed E-state index contributed by atoms with van der Waals surface area (Å²) in [5, 5.41) is 9.05. The molecule has 0 aliphatic heterocycles. The van der Waals surface area contributed by atoms with Crippen LogP contribution in [-0.4, -0.2) is 75.4 Å². The Morgan fingerprint density at radius 1 is 1.10 bits per heavy atom. The third-order valence-corrected chi connectivity index (χ3v) is 6.42. The third-order valence-electron chi connectivity index (χ3n) is 6.42. The van der Waals surface area contributed by atoms with Crippen LogP contribution in [0, 0.1) is 18.7 Å². The summed E-state index contributed by atoms with van der Waals surface area (Å²) in [5.41, 5.74) is 2.17. The summed E-state index contributed by atoms with van der Waals surface area (Å²) in [6.07, 6.45) is 3.04. The number of carbonyl (C=O) groups is 3. The van der Waals surface area contributed by atoms with Crippen molar-refractivity contribution in [2.24, 2.45) is 5.92 Å². The van der Waals surface area contributed by atoms with E-state index >= 15 is 0 Å². The fourth-order valence-corrected chi connectivity index (χ4v) is 3.85. The zero-order chi connectivity index (χ0) is 29.9. The second-order valence-corrected chi connectivity index (χ2v) is 9.97. The highest BCUT2D eigenvalue weighted by molar-refractivity contribution is 5.83. The van der Waals surface area contributed by atoms with Gasteiger partial charge in [0, 0.05) is 20.1 Å². The molecular formula is C31H47FN4O4. The van der Waals surface area contributed by atoms with Crippen LogP contribution in [0.3, 0.4) is 0 Å². The number of amides is 2. The first-order valence-corrected chi connectivity index (χ1v) is 13.9. The molecule has 0 aromatic heterocycles. The molecule has 40 heavy (non-hydrogen) atoms. The lowest BCUT2D eigenvalue weighted by molar-refractivity contribution is -0.135. The van der Waals surface area contributed by atoms with Crippen molar-refractivity contribution in [3.63, 3.8) is 0 Å². The first-order chi connectivity index (χ1) is 19.1. The molecule has 2 unspecified atom stereocenters. The maximum atomic E-state index is 12.7. The highest BCUT2D eigenvalue weighted by Gasteiger charge is 2.27. The van der Waals surface area contributed by atoms with Crippen LogP contribution >= 0.6 is 0 Å². The molecule has 0 fully saturated rings. The van der Waals surface area contributed by atoms with Gasteiger partial charge >= 0.3 is 0 Å². The van der Waals surface area contributed by atoms with Crippen molar-refractivity contribution in [2.45, 2.75) is 59.1 Å². The Kier molecular flexibility index (Phi) is 17.1. The fourth-order valence-electron chi connectivity index (χ4n) is 3.85. The van der Waals surface area contributed by atoms with E-state index in [-0.39, 0.29) is 42.2 Å². The number of para-hydroxylation sites is 1. The number of nitrogens with zero attached hydrogens (tertiary/aromatic N) is 1. The second-order valence-electron chi connectivity index (χ2n) is 9.97. The van der Waals surface area contributed by atoms with Gasteiger partial charge in [0.1, 0.15) is 24.0 Å². The van der Waals surface area contributed by atoms with Crippen molar-refractivity contribution in [1.82, 2.24) is 20.9 Å². The topological polar surface area (TPSA) is 99.8 Å². The quantitative estimate of drug-likeness (QED) is 0.215. The van der Waals surface area contributed by atoms with Gasteiger partial charge in [-0.3, -0.25) is 9.59 Å². The predicted molar refractivity (Wildman–Crippen MR) is 158 cm³/mol. The minimum Gasteiger partial charge on any atom is -0.489 e. The van der Waals surface area contributed by atoms with Crippen LogP contribution in [0.1, 0.15) is 44.7 Å². The molecule has 0 spiro atoms. The van der Waals surface area contributed by atoms with Crippen molar-refractivity contribution >= 4 is 18.1 Å². The van der Waals surface area contributed by atoms with Crippen LogP contribution in [0.15, 0.2) is 48.5 Å². The number of rotatable bonds is 16. The molecule has 2 rings (SSSR count). The number of aryl methyl sites for hydroxylation is 2. The Bertz CT molecular complexity index is 998. The average molecular weight is 559 g/mol. The normalized spacial score (nSPS) is 12.8. The van der Waals surface area contributed by atoms with Crippen molar-refractivity contribution in [1.29, 1.82) is 0 Å². The molecule has 0 saturated heterocycles. The summed E-state index contributed by atoms with van der Waals surface area (Å²) < 4.78 is 18.3. The number of hydrogen-bond acceptors (Lipinski definition) is 6. The van der Waals surface area contributed by atoms with Gasteiger partial charge in [-0.05, 0) is 63.4 Å². The van der Waals surface area contributed by atoms with E-state index in [1.807, 2.05) is 52.0 Å². The minimum absolute atomic E-state index is 0.0130. The van der Waals surface area contributed by atoms with E-state index in [0.717, 1.165) is 42.4 Å². The number of halogens is 1. The molecule has 0 heterocycles. The molecule has 0 bridgehead atoms. The molecule has 8 nitrogen and oxygen atoms in total. The van der Waals surface area contributed by atoms with Gasteiger partial charge in [-0.2, -0.15) is 0 Å². The summed E-state index contributed by atoms with van der Waals surface area (Å²) in [6.45, 7) is 9.49. The van der Waals surface area contributed by atoms with Gasteiger partial charge in [0.2, 0.25) is 11.8 Å². The van der Waals surface area contributed by atoms with E-state index < -0.39 is 0 Å². The van der Waals surface area contributed by atoms with E-state index in [9.17, 15) is 18.8 Å². The van der Waals surface area contributed by atoms with Gasteiger partial charge in [-0.1, -0.05) is 56.2 Å². The van der Waals surface area contributed by atoms with E-state index in [4.69, 9.17) is 4.74 Å². The lowest BCUT2D eigenvalue weighted by atomic mass is 9.97. The fraction of sp³-hybridized carbons (Fsp3) is 0.516. The molecule has 0 radical (unpaired) electrons. The monoisotopic (exact) mass is 558 g/mol. The van der Waals surface area contributed by atoms with Crippen LogP contribution < -0.4 is 20.7 Å². The van der Waals surface area contributed by atoms with Gasteiger partial charge in [-0.25, -0.2) is 4.39 Å². The van der Waals surface area contributed by atoms with E-state index in [0.29, 0.717) is 19.6 Å². The molecular weight excluding hydrogens is 511 g/mol. The van der Waals surface area contributed by atoms with Gasteiger partial charge in [-0.15, -0.1) is 0 Å². The van der Waals surface area contributed by atoms with E-state index in [1.54, 1.807) is 26.2 Å². The zero-order valence-electron chi connectivity index (χ0n) is 24.8. The summed E-state index contributed by atoms with van der Waals surface area (Å²) in [6, 6.07) is 13.9. The van der Waals surface area contributed by atoms with E-state index in [1.165, 1.54) is 17.0 Å². The molecule has 9 heteroatoms. The number of ether oxygens (including phenoxy) is 1. The second kappa shape index (κ2) is 19.7. The maximum Gasteiger partial charge on any atom is 0.240 e. The highest BCUT2D eigenvalue weighted by atomic mass is 19.1. The van der Waals surface area contributed by atoms with Crippen molar-refractivity contribution in [3.8, 4) is 5.75 Å². The van der Waals surface area contributed by atoms with Gasteiger partial charge in [0.25, 0.3) is 0 Å². The van der Waals surface area contributed by atoms with Gasteiger partial charge < -0.3 is 30.4 Å². The Morgan fingerprint density at radius 2 is 1.77 bits per heavy atom. The van der Waals surface area contributed by atoms with Gasteiger partial charge in [0.15, 0.2) is 0 Å². The highest BCUT2D eigenvalue weighted by Crippen LogP contribution is 2.21. The van der Waals surface area contributed by atoms with Crippen molar-refractivity contribution < 1.29 is 23.5 Å². The number of carbonyl (C=O) groups excluding carboxylic acids is 3. The SMILES string of the molecule is CCC(C)C(NC[C@@H](C)Oc1ccccc1CCCNC(=O)CNC)C(=O)N(C)CC=O.Cc1ccc(F)cc1. The number of benzene rings is 2. The molecule has 3 N–H and O–H groups in total. The number of aldehydes is 1. The smallest absolute Gasteiger partial charge is 0.240 e. The van der Waals surface area contributed by atoms with Crippen LogP contribution in [0.4, 0.5) is 4.39 Å². The first-order valence-electron chi connectivity index (χ1n) is 13.9. The lowest BCUT2D eigenvalue weighted by Gasteiger charge is -2.29. The number of likely N-dealkylation sites (N-methyl/N-ethyl adjacent to an activating group) is 2. The molecule has 3 atom stereocenters. The Balaban J connectivity index is 0.000000850. The van der Waals surface area contributed by atoms with Crippen LogP contribution in [0.5, 0.6) is 5.75 Å². The van der Waals surface area contributed by atoms with Crippen molar-refractivity contribution in [3.05, 3.63) is 65.5 Å². The zero-order valence-corrected chi connectivity index (χ0v) is 24.8. The van der Waals surface area contributed by atoms with Crippen molar-refractivity contribution in [2.75, 3.05) is 40.3 Å². The maximum absolute atomic E-state index is 12.7. The summed E-state index contributed by atoms with van der Waals surface area (Å²) in [7, 11) is 3.39. The molecule has 0 aliphatic rings. The van der Waals surface area contributed by atoms with Crippen LogP contribution in [0.25, 0.3) is 0 Å². The standard InChI is InChI=1S/C24H40N4O4.C7H7F/c1-6-18(2)23(24(31)28(5)14-15-29)27-16-19(3)32-21-12-8-7-10-20(21)11-9-13-26-22(30)17-25-4;1-6-2-4-7(8)5-3-6/h7-8,10,12,15,18-19,23,25,27H,6,9,11,13-14,16-17H2,1-5H3,(H,26,30);2-5H,1H3/t18?,19-,23?;/m1./s1. The molecule has 0 saturated carbocycles. The molecule has 0 aliphatic carbocycles. The summed E-state index contributed by atoms with van der Waals surface area (Å²) >= 11 is 0. The molecule has 222 valence electrons. The largest absolute Gasteiger partial charge is 0.489 e. The summed E-state index contributed by atoms with van der Waals surface area (Å²) in [5.74, 6) is 0.679. The minimum atomic E-state index is -0.368.